The Hall–Kier alpha value is -2.29. The minimum atomic E-state index is -0.988. The van der Waals surface area contributed by atoms with Crippen LogP contribution in [0.25, 0.3) is 0 Å². The summed E-state index contributed by atoms with van der Waals surface area (Å²) in [5, 5.41) is 12.5. The molecule has 0 aromatic heterocycles. The van der Waals surface area contributed by atoms with E-state index in [0.29, 0.717) is 0 Å². The van der Waals surface area contributed by atoms with Crippen molar-refractivity contribution in [2.24, 2.45) is 11.8 Å². The molecule has 4 rings (SSSR count). The van der Waals surface area contributed by atoms with Crippen molar-refractivity contribution in [1.82, 2.24) is 5.32 Å². The lowest BCUT2D eigenvalue weighted by Crippen LogP contribution is -2.66. The molecule has 4 saturated heterocycles. The maximum absolute atomic E-state index is 12.7. The maximum Gasteiger partial charge on any atom is 0.259 e. The van der Waals surface area contributed by atoms with Crippen LogP contribution in [0.2, 0.25) is 0 Å². The molecular weight excluding hydrogens is 390 g/mol. The molecule has 2 N–H and O–H groups in total. The van der Waals surface area contributed by atoms with E-state index in [1.54, 1.807) is 6.08 Å². The van der Waals surface area contributed by atoms with Crippen LogP contribution in [-0.2, 0) is 28.6 Å². The number of hydrogen-bond donors (Lipinski definition) is 2. The first-order valence-corrected chi connectivity index (χ1v) is 10.2. The van der Waals surface area contributed by atoms with Gasteiger partial charge in [0.25, 0.3) is 5.91 Å². The summed E-state index contributed by atoms with van der Waals surface area (Å²) in [6, 6.07) is 0. The molecule has 8 heteroatoms. The molecule has 4 fully saturated rings. The van der Waals surface area contributed by atoms with Crippen LogP contribution in [-0.4, -0.2) is 58.8 Å². The number of rotatable bonds is 4. The quantitative estimate of drug-likeness (QED) is 0.234. The van der Waals surface area contributed by atoms with Crippen molar-refractivity contribution in [2.45, 2.75) is 64.3 Å². The third kappa shape index (κ3) is 3.05. The van der Waals surface area contributed by atoms with Gasteiger partial charge >= 0.3 is 0 Å². The molecule has 0 aromatic rings. The summed E-state index contributed by atoms with van der Waals surface area (Å²) in [6.45, 7) is 9.34. The minimum Gasteiger partial charge on any atom is -0.507 e. The van der Waals surface area contributed by atoms with Gasteiger partial charge in [0.2, 0.25) is 0 Å². The fourth-order valence-electron chi connectivity index (χ4n) is 4.67. The Kier molecular flexibility index (Phi) is 4.80. The highest BCUT2D eigenvalue weighted by Crippen LogP contribution is 2.57. The molecule has 0 saturated carbocycles. The van der Waals surface area contributed by atoms with E-state index in [2.05, 4.69) is 5.32 Å². The van der Waals surface area contributed by atoms with Crippen molar-refractivity contribution in [3.63, 3.8) is 0 Å². The van der Waals surface area contributed by atoms with Gasteiger partial charge in [-0.1, -0.05) is 31.6 Å². The number of carbonyl (C=O) groups is 3. The van der Waals surface area contributed by atoms with E-state index in [1.807, 2.05) is 40.7 Å². The van der Waals surface area contributed by atoms with Crippen molar-refractivity contribution in [1.29, 1.82) is 0 Å². The topological polar surface area (TPSA) is 114 Å². The fourth-order valence-corrected chi connectivity index (χ4v) is 4.67. The van der Waals surface area contributed by atoms with Crippen molar-refractivity contribution >= 4 is 17.5 Å². The Morgan fingerprint density at radius 1 is 1.20 bits per heavy atom. The number of carbonyl (C=O) groups excluding carboxylic acids is 3. The Morgan fingerprint density at radius 2 is 1.90 bits per heavy atom. The highest BCUT2D eigenvalue weighted by Gasteiger charge is 2.76. The Labute approximate surface area is 174 Å². The first kappa shape index (κ1) is 21.0. The van der Waals surface area contributed by atoms with E-state index in [1.165, 1.54) is 6.08 Å². The number of epoxide rings is 1. The van der Waals surface area contributed by atoms with Crippen LogP contribution in [0.1, 0.15) is 34.6 Å². The largest absolute Gasteiger partial charge is 0.507 e. The van der Waals surface area contributed by atoms with E-state index < -0.39 is 35.3 Å². The van der Waals surface area contributed by atoms with Crippen LogP contribution in [0.3, 0.4) is 0 Å². The monoisotopic (exact) mass is 417 g/mol. The number of Topliss-reactive ketones (excluding diaryl/α,β-unsaturated/α-hetero) is 2. The van der Waals surface area contributed by atoms with E-state index in [4.69, 9.17) is 14.2 Å². The van der Waals surface area contributed by atoms with Crippen LogP contribution in [0.4, 0.5) is 0 Å². The Bertz CT molecular complexity index is 900. The SMILES string of the molecule is CC(/C=C/C(O)=C1/C(=O)CNC1=O)=C\[C@@H](C)C1O[C@@]2(C)OC(C(=O)C3O[C@@]32C)[C@@H]1C. The minimum absolute atomic E-state index is 0.0281. The van der Waals surface area contributed by atoms with Crippen molar-refractivity contribution in [3.8, 4) is 0 Å². The number of hydrogen-bond acceptors (Lipinski definition) is 7. The first-order valence-electron chi connectivity index (χ1n) is 10.2. The zero-order chi connectivity index (χ0) is 22.0. The first-order chi connectivity index (χ1) is 14.0. The zero-order valence-corrected chi connectivity index (χ0v) is 17.7. The third-order valence-corrected chi connectivity index (χ3v) is 6.67. The van der Waals surface area contributed by atoms with Gasteiger partial charge in [-0.15, -0.1) is 0 Å². The summed E-state index contributed by atoms with van der Waals surface area (Å²) in [5.41, 5.74) is -0.167. The predicted molar refractivity (Wildman–Crippen MR) is 105 cm³/mol. The molecule has 4 aliphatic heterocycles. The number of allylic oxidation sites excluding steroid dienone is 3. The Balaban J connectivity index is 1.51. The van der Waals surface area contributed by atoms with Crippen LogP contribution in [0.15, 0.2) is 35.1 Å². The van der Waals surface area contributed by atoms with E-state index in [0.717, 1.165) is 5.57 Å². The fraction of sp³-hybridized carbons (Fsp3) is 0.591. The van der Waals surface area contributed by atoms with Crippen LogP contribution in [0, 0.1) is 11.8 Å². The van der Waals surface area contributed by atoms with Gasteiger partial charge in [0, 0.05) is 11.8 Å². The molecule has 30 heavy (non-hydrogen) atoms. The summed E-state index contributed by atoms with van der Waals surface area (Å²) < 4.78 is 18.0. The van der Waals surface area contributed by atoms with Crippen LogP contribution >= 0.6 is 0 Å². The molecule has 0 aromatic carbocycles. The Morgan fingerprint density at radius 3 is 2.53 bits per heavy atom. The molecule has 162 valence electrons. The normalized spacial score (nSPS) is 43.5. The highest BCUT2D eigenvalue weighted by atomic mass is 16.8. The predicted octanol–water partition coefficient (Wildman–Crippen LogP) is 1.51. The van der Waals surface area contributed by atoms with Gasteiger partial charge in [-0.2, -0.15) is 0 Å². The molecular formula is C22H27NO7. The van der Waals surface area contributed by atoms with E-state index in [9.17, 15) is 19.5 Å². The van der Waals surface area contributed by atoms with Crippen LogP contribution in [0.5, 0.6) is 0 Å². The maximum atomic E-state index is 12.7. The van der Waals surface area contributed by atoms with Gasteiger partial charge in [0.05, 0.1) is 12.6 Å². The number of ether oxygens (including phenoxy) is 3. The zero-order valence-electron chi connectivity index (χ0n) is 17.7. The molecule has 4 heterocycles. The van der Waals surface area contributed by atoms with Crippen molar-refractivity contribution < 1.29 is 33.7 Å². The summed E-state index contributed by atoms with van der Waals surface area (Å²) in [5.74, 6) is -2.59. The smallest absolute Gasteiger partial charge is 0.259 e. The molecule has 1 amide bonds. The second-order valence-corrected chi connectivity index (χ2v) is 8.90. The number of amides is 1. The molecule has 0 spiro atoms. The molecule has 0 radical (unpaired) electrons. The second kappa shape index (κ2) is 6.87. The van der Waals surface area contributed by atoms with Gasteiger partial charge < -0.3 is 24.6 Å². The van der Waals surface area contributed by atoms with E-state index >= 15 is 0 Å². The standard InChI is InChI=1S/C22H27NO7/c1-10(6-7-13(24)15-14(25)9-23-20(15)27)8-11(2)17-12(3)18-16(26)19-21(4,30-19)22(5,28-17)29-18/h6-8,11-12,17-19,24H,9H2,1-5H3,(H,23,27)/b7-6+,10-8+,15-13+/t11-,12-,17?,18?,19?,21+,22+/m1/s1. The van der Waals surface area contributed by atoms with Gasteiger partial charge in [-0.05, 0) is 26.8 Å². The molecule has 0 aliphatic carbocycles. The van der Waals surface area contributed by atoms with Gasteiger partial charge in [-0.25, -0.2) is 0 Å². The lowest BCUT2D eigenvalue weighted by atomic mass is 9.78. The highest BCUT2D eigenvalue weighted by molar-refractivity contribution is 6.25. The number of nitrogens with one attached hydrogen (secondary N) is 1. The van der Waals surface area contributed by atoms with Crippen molar-refractivity contribution in [2.75, 3.05) is 6.54 Å². The number of ketones is 2. The average Bonchev–Trinajstić information content (AvgIpc) is 3.29. The molecule has 7 atom stereocenters. The second-order valence-electron chi connectivity index (χ2n) is 8.90. The number of fused-ring (bicyclic) bond motifs is 4. The lowest BCUT2D eigenvalue weighted by molar-refractivity contribution is -0.350. The number of aliphatic hydroxyl groups excluding tert-OH is 1. The van der Waals surface area contributed by atoms with Crippen LogP contribution < -0.4 is 5.32 Å². The molecule has 2 bridgehead atoms. The van der Waals surface area contributed by atoms with E-state index in [-0.39, 0.29) is 41.6 Å². The average molecular weight is 417 g/mol. The molecule has 3 unspecified atom stereocenters. The summed E-state index contributed by atoms with van der Waals surface area (Å²) in [7, 11) is 0. The summed E-state index contributed by atoms with van der Waals surface area (Å²) in [4.78, 5) is 36.0. The van der Waals surface area contributed by atoms with Gasteiger partial charge in [0.15, 0.2) is 29.1 Å². The van der Waals surface area contributed by atoms with Crippen molar-refractivity contribution in [3.05, 3.63) is 35.1 Å². The molecule has 8 nitrogen and oxygen atoms in total. The summed E-state index contributed by atoms with van der Waals surface area (Å²) >= 11 is 0. The summed E-state index contributed by atoms with van der Waals surface area (Å²) in [6.07, 6.45) is 3.64. The van der Waals surface area contributed by atoms with Gasteiger partial charge in [-0.3, -0.25) is 14.4 Å². The molecule has 4 aliphatic rings. The lowest BCUT2D eigenvalue weighted by Gasteiger charge is -2.51. The van der Waals surface area contributed by atoms with Gasteiger partial charge in [0.1, 0.15) is 17.4 Å². The number of aliphatic hydroxyl groups is 1. The third-order valence-electron chi connectivity index (χ3n) is 6.67.